The molecule has 3 aromatic rings. The number of fused-ring (bicyclic) bond motifs is 1. The molecule has 0 fully saturated rings. The summed E-state index contributed by atoms with van der Waals surface area (Å²) >= 11 is 0. The number of aromatic nitrogens is 1. The van der Waals surface area contributed by atoms with Crippen molar-refractivity contribution in [3.63, 3.8) is 0 Å². The highest BCUT2D eigenvalue weighted by Gasteiger charge is 2.25. The molecule has 0 amide bonds. The van der Waals surface area contributed by atoms with Gasteiger partial charge in [0, 0.05) is 18.5 Å². The van der Waals surface area contributed by atoms with Crippen molar-refractivity contribution in [2.45, 2.75) is 6.92 Å². The third kappa shape index (κ3) is 2.67. The molecule has 1 aromatic heterocycles. The van der Waals surface area contributed by atoms with Gasteiger partial charge in [0.2, 0.25) is 0 Å². The minimum absolute atomic E-state index is 0.0932. The third-order valence-corrected chi connectivity index (χ3v) is 4.42. The van der Waals surface area contributed by atoms with Gasteiger partial charge in [-0.25, -0.2) is 0 Å². The summed E-state index contributed by atoms with van der Waals surface area (Å²) in [5.74, 6) is 0.866. The summed E-state index contributed by atoms with van der Waals surface area (Å²) in [6, 6.07) is 9.88. The normalized spacial score (nSPS) is 10.8. The molecule has 0 saturated carbocycles. The number of pyridine rings is 1. The smallest absolute Gasteiger partial charge is 0.281 e. The second-order valence-corrected chi connectivity index (χ2v) is 5.91. The predicted octanol–water partition coefficient (Wildman–Crippen LogP) is 3.44. The lowest BCUT2D eigenvalue weighted by Gasteiger charge is -2.16. The average molecular weight is 354 g/mol. The maximum absolute atomic E-state index is 12.2. The molecule has 0 atom stereocenters. The van der Waals surface area contributed by atoms with Crippen LogP contribution in [0.15, 0.2) is 41.2 Å². The zero-order valence-electron chi connectivity index (χ0n) is 14.9. The molecule has 0 aliphatic rings. The summed E-state index contributed by atoms with van der Waals surface area (Å²) in [5, 5.41) is 12.4. The Bertz CT molecular complexity index is 1090. The first-order valence-corrected chi connectivity index (χ1v) is 7.89. The second-order valence-electron chi connectivity index (χ2n) is 5.91. The van der Waals surface area contributed by atoms with Crippen molar-refractivity contribution in [3.8, 4) is 22.6 Å². The number of rotatable bonds is 4. The van der Waals surface area contributed by atoms with E-state index in [-0.39, 0.29) is 17.0 Å². The van der Waals surface area contributed by atoms with Gasteiger partial charge in [0.25, 0.3) is 11.2 Å². The lowest BCUT2D eigenvalue weighted by atomic mass is 9.95. The van der Waals surface area contributed by atoms with Crippen LogP contribution < -0.4 is 15.0 Å². The highest BCUT2D eigenvalue weighted by Crippen LogP contribution is 2.43. The zero-order chi connectivity index (χ0) is 19.0. The van der Waals surface area contributed by atoms with Gasteiger partial charge in [-0.3, -0.25) is 14.9 Å². The van der Waals surface area contributed by atoms with E-state index in [0.29, 0.717) is 33.3 Å². The first-order chi connectivity index (χ1) is 12.4. The van der Waals surface area contributed by atoms with Crippen molar-refractivity contribution < 1.29 is 14.4 Å². The van der Waals surface area contributed by atoms with Crippen LogP contribution in [0, 0.1) is 17.0 Å². The van der Waals surface area contributed by atoms with Gasteiger partial charge in [0.1, 0.15) is 11.5 Å². The summed E-state index contributed by atoms with van der Waals surface area (Å²) in [5.41, 5.74) is 1.91. The van der Waals surface area contributed by atoms with E-state index in [0.717, 1.165) is 0 Å². The van der Waals surface area contributed by atoms with E-state index in [1.54, 1.807) is 38.2 Å². The minimum atomic E-state index is -0.443. The standard InChI is InChI=1S/C19H18N2O5/c1-11-8-16(22)20(2)19-15(26-4)10-14(21(23)24)18(17(11)19)12-6-5-7-13(9-12)25-3/h5-10H,1-4H3. The van der Waals surface area contributed by atoms with E-state index in [1.165, 1.54) is 30.9 Å². The fourth-order valence-electron chi connectivity index (χ4n) is 3.19. The number of ether oxygens (including phenoxy) is 2. The lowest BCUT2D eigenvalue weighted by Crippen LogP contribution is -2.17. The number of hydrogen-bond acceptors (Lipinski definition) is 5. The summed E-state index contributed by atoms with van der Waals surface area (Å²) in [4.78, 5) is 23.6. The molecule has 0 unspecified atom stereocenters. The molecule has 0 saturated heterocycles. The van der Waals surface area contributed by atoms with Gasteiger partial charge in [-0.2, -0.15) is 0 Å². The number of aryl methyl sites for hydroxylation is 2. The maximum Gasteiger partial charge on any atom is 0.281 e. The van der Waals surface area contributed by atoms with Crippen molar-refractivity contribution in [3.05, 3.63) is 62.4 Å². The van der Waals surface area contributed by atoms with E-state index in [4.69, 9.17) is 9.47 Å². The Hall–Kier alpha value is -3.35. The van der Waals surface area contributed by atoms with Crippen LogP contribution in [0.1, 0.15) is 5.56 Å². The zero-order valence-corrected chi connectivity index (χ0v) is 14.9. The molecule has 0 bridgehead atoms. The van der Waals surface area contributed by atoms with Crippen LogP contribution in [0.5, 0.6) is 11.5 Å². The van der Waals surface area contributed by atoms with E-state index < -0.39 is 4.92 Å². The fraction of sp³-hybridized carbons (Fsp3) is 0.211. The predicted molar refractivity (Wildman–Crippen MR) is 99.1 cm³/mol. The highest BCUT2D eigenvalue weighted by atomic mass is 16.6. The number of benzene rings is 2. The van der Waals surface area contributed by atoms with Gasteiger partial charge in [-0.05, 0) is 30.2 Å². The molecular weight excluding hydrogens is 336 g/mol. The Morgan fingerprint density at radius 1 is 1.12 bits per heavy atom. The molecule has 134 valence electrons. The SMILES string of the molecule is COc1cccc(-c2c([N+](=O)[O-])cc(OC)c3c2c(C)cc(=O)n3C)c1. The molecule has 26 heavy (non-hydrogen) atoms. The number of nitrogens with zero attached hydrogens (tertiary/aromatic N) is 2. The van der Waals surface area contributed by atoms with Crippen LogP contribution >= 0.6 is 0 Å². The van der Waals surface area contributed by atoms with E-state index in [2.05, 4.69) is 0 Å². The van der Waals surface area contributed by atoms with E-state index >= 15 is 0 Å². The van der Waals surface area contributed by atoms with Crippen LogP contribution in [-0.2, 0) is 7.05 Å². The van der Waals surface area contributed by atoms with Gasteiger partial charge in [-0.15, -0.1) is 0 Å². The largest absolute Gasteiger partial charge is 0.497 e. The van der Waals surface area contributed by atoms with Crippen molar-refractivity contribution in [2.75, 3.05) is 14.2 Å². The van der Waals surface area contributed by atoms with Gasteiger partial charge in [-0.1, -0.05) is 12.1 Å². The van der Waals surface area contributed by atoms with Crippen LogP contribution in [0.2, 0.25) is 0 Å². The molecule has 0 N–H and O–H groups in total. The Balaban J connectivity index is 2.58. The first kappa shape index (κ1) is 17.5. The molecule has 0 aliphatic heterocycles. The van der Waals surface area contributed by atoms with Crippen molar-refractivity contribution in [1.82, 2.24) is 4.57 Å². The average Bonchev–Trinajstić information content (AvgIpc) is 2.64. The fourth-order valence-corrected chi connectivity index (χ4v) is 3.19. The molecule has 7 nitrogen and oxygen atoms in total. The molecular formula is C19H18N2O5. The molecule has 0 radical (unpaired) electrons. The molecule has 0 spiro atoms. The van der Waals surface area contributed by atoms with Crippen molar-refractivity contribution >= 4 is 16.6 Å². The Kier molecular flexibility index (Phi) is 4.38. The maximum atomic E-state index is 12.2. The summed E-state index contributed by atoms with van der Waals surface area (Å²) < 4.78 is 12.1. The second kappa shape index (κ2) is 6.51. The summed E-state index contributed by atoms with van der Waals surface area (Å²) in [7, 11) is 4.58. The van der Waals surface area contributed by atoms with Crippen molar-refractivity contribution in [2.24, 2.45) is 7.05 Å². The third-order valence-electron chi connectivity index (χ3n) is 4.42. The number of hydrogen-bond donors (Lipinski definition) is 0. The van der Waals surface area contributed by atoms with E-state index in [1.807, 2.05) is 0 Å². The Morgan fingerprint density at radius 2 is 1.85 bits per heavy atom. The van der Waals surface area contributed by atoms with Crippen LogP contribution in [-0.4, -0.2) is 23.7 Å². The first-order valence-electron chi connectivity index (χ1n) is 7.89. The summed E-state index contributed by atoms with van der Waals surface area (Å²) in [6.45, 7) is 1.76. The highest BCUT2D eigenvalue weighted by molar-refractivity contribution is 6.04. The summed E-state index contributed by atoms with van der Waals surface area (Å²) in [6.07, 6.45) is 0. The van der Waals surface area contributed by atoms with Gasteiger partial charge in [0.15, 0.2) is 0 Å². The number of methoxy groups -OCH3 is 2. The van der Waals surface area contributed by atoms with Crippen molar-refractivity contribution in [1.29, 1.82) is 0 Å². The molecule has 2 aromatic carbocycles. The Labute approximate surface area is 149 Å². The monoisotopic (exact) mass is 354 g/mol. The number of nitro groups is 1. The van der Waals surface area contributed by atoms with Crippen LogP contribution in [0.25, 0.3) is 22.0 Å². The Morgan fingerprint density at radius 3 is 2.46 bits per heavy atom. The van der Waals surface area contributed by atoms with Gasteiger partial charge < -0.3 is 14.0 Å². The van der Waals surface area contributed by atoms with Gasteiger partial charge in [0.05, 0.1) is 36.3 Å². The topological polar surface area (TPSA) is 83.6 Å². The quantitative estimate of drug-likeness (QED) is 0.529. The van der Waals surface area contributed by atoms with Crippen LogP contribution in [0.3, 0.4) is 0 Å². The van der Waals surface area contributed by atoms with Crippen LogP contribution in [0.4, 0.5) is 5.69 Å². The minimum Gasteiger partial charge on any atom is -0.497 e. The molecule has 1 heterocycles. The number of nitro benzene ring substituents is 1. The van der Waals surface area contributed by atoms with Gasteiger partial charge >= 0.3 is 0 Å². The molecule has 0 aliphatic carbocycles. The van der Waals surface area contributed by atoms with E-state index in [9.17, 15) is 14.9 Å². The molecule has 7 heteroatoms. The molecule has 3 rings (SSSR count). The lowest BCUT2D eigenvalue weighted by molar-refractivity contribution is -0.384.